The summed E-state index contributed by atoms with van der Waals surface area (Å²) >= 11 is 0. The molecular formula is C20H20N6O5. The zero-order valence-electron chi connectivity index (χ0n) is 16.6. The number of oxazole rings is 1. The van der Waals surface area contributed by atoms with Gasteiger partial charge in [0.15, 0.2) is 5.58 Å². The molecule has 11 nitrogen and oxygen atoms in total. The van der Waals surface area contributed by atoms with E-state index in [4.69, 9.17) is 14.0 Å². The highest BCUT2D eigenvalue weighted by atomic mass is 16.7. The van der Waals surface area contributed by atoms with Crippen molar-refractivity contribution in [3.05, 3.63) is 53.1 Å². The average Bonchev–Trinajstić information content (AvgIpc) is 3.36. The smallest absolute Gasteiger partial charge is 0.408 e. The normalized spacial score (nSPS) is 16.8. The lowest BCUT2D eigenvalue weighted by atomic mass is 10.2. The van der Waals surface area contributed by atoms with Crippen LogP contribution < -0.4 is 10.6 Å². The average molecular weight is 424 g/mol. The molecule has 1 saturated heterocycles. The van der Waals surface area contributed by atoms with Gasteiger partial charge in [-0.25, -0.2) is 9.78 Å². The maximum atomic E-state index is 12.7. The fourth-order valence-electron chi connectivity index (χ4n) is 3.62. The number of morpholine rings is 1. The monoisotopic (exact) mass is 424 g/mol. The predicted molar refractivity (Wildman–Crippen MR) is 108 cm³/mol. The van der Waals surface area contributed by atoms with Crippen LogP contribution >= 0.6 is 0 Å². The van der Waals surface area contributed by atoms with E-state index in [1.54, 1.807) is 41.4 Å². The molecule has 0 radical (unpaired) electrons. The molecule has 3 aromatic heterocycles. The van der Waals surface area contributed by atoms with Gasteiger partial charge in [0.1, 0.15) is 18.2 Å². The standard InChI is InChI=1S/C20H20N6O5/c27-18(7-9-25-16-5-1-2-6-17(16)31-20(25)28)24-10-11-29-14(12-24)13-30-26-19-15(22-23-26)4-3-8-21-19/h1-6,8,14H,7,9-13H2. The first-order valence-electron chi connectivity index (χ1n) is 9.96. The molecule has 4 heterocycles. The number of ether oxygens (including phenoxy) is 1. The lowest BCUT2D eigenvalue weighted by Gasteiger charge is -2.32. The van der Waals surface area contributed by atoms with Crippen molar-refractivity contribution in [1.29, 1.82) is 0 Å². The van der Waals surface area contributed by atoms with E-state index in [0.717, 1.165) is 0 Å². The summed E-state index contributed by atoms with van der Waals surface area (Å²) < 4.78 is 12.4. The van der Waals surface area contributed by atoms with Crippen LogP contribution in [0.4, 0.5) is 0 Å². The molecule has 31 heavy (non-hydrogen) atoms. The number of rotatable bonds is 6. The van der Waals surface area contributed by atoms with E-state index in [2.05, 4.69) is 15.3 Å². The highest BCUT2D eigenvalue weighted by Gasteiger charge is 2.25. The molecule has 1 fully saturated rings. The van der Waals surface area contributed by atoms with Gasteiger partial charge in [-0.05, 0) is 29.5 Å². The molecular weight excluding hydrogens is 404 g/mol. The van der Waals surface area contributed by atoms with Gasteiger partial charge in [0, 0.05) is 25.7 Å². The molecule has 5 rings (SSSR count). The number of fused-ring (bicyclic) bond motifs is 2. The molecule has 0 bridgehead atoms. The van der Waals surface area contributed by atoms with Gasteiger partial charge in [0.25, 0.3) is 0 Å². The highest BCUT2D eigenvalue weighted by molar-refractivity contribution is 5.77. The Labute approximate surface area is 175 Å². The van der Waals surface area contributed by atoms with Crippen LogP contribution in [0, 0.1) is 0 Å². The van der Waals surface area contributed by atoms with Crippen LogP contribution in [0.1, 0.15) is 6.42 Å². The zero-order valence-corrected chi connectivity index (χ0v) is 16.6. The lowest BCUT2D eigenvalue weighted by Crippen LogP contribution is -2.48. The number of aromatic nitrogens is 5. The van der Waals surface area contributed by atoms with E-state index in [-0.39, 0.29) is 31.6 Å². The van der Waals surface area contributed by atoms with Gasteiger partial charge < -0.3 is 18.9 Å². The molecule has 0 saturated carbocycles. The van der Waals surface area contributed by atoms with Gasteiger partial charge in [0.2, 0.25) is 11.6 Å². The van der Waals surface area contributed by atoms with E-state index in [1.165, 1.54) is 9.41 Å². The molecule has 1 aliphatic heterocycles. The Balaban J connectivity index is 1.18. The van der Waals surface area contributed by atoms with Crippen molar-refractivity contribution in [3.63, 3.8) is 0 Å². The fourth-order valence-corrected chi connectivity index (χ4v) is 3.62. The second-order valence-electron chi connectivity index (χ2n) is 7.17. The molecule has 11 heteroatoms. The second kappa shape index (κ2) is 8.19. The molecule has 0 aliphatic carbocycles. The van der Waals surface area contributed by atoms with Crippen LogP contribution in [0.25, 0.3) is 22.3 Å². The third kappa shape index (κ3) is 3.87. The van der Waals surface area contributed by atoms with Crippen molar-refractivity contribution in [2.24, 2.45) is 0 Å². The summed E-state index contributed by atoms with van der Waals surface area (Å²) in [7, 11) is 0. The number of hydrogen-bond acceptors (Lipinski definition) is 8. The van der Waals surface area contributed by atoms with E-state index in [9.17, 15) is 9.59 Å². The molecule has 1 unspecified atom stereocenters. The quantitative estimate of drug-likeness (QED) is 0.439. The molecule has 160 valence electrons. The second-order valence-corrected chi connectivity index (χ2v) is 7.17. The van der Waals surface area contributed by atoms with Gasteiger partial charge in [0.05, 0.1) is 18.7 Å². The summed E-state index contributed by atoms with van der Waals surface area (Å²) in [5.74, 6) is -0.519. The molecule has 4 aromatic rings. The first-order chi connectivity index (χ1) is 15.2. The molecule has 1 amide bonds. The van der Waals surface area contributed by atoms with Crippen LogP contribution in [0.3, 0.4) is 0 Å². The van der Waals surface area contributed by atoms with Gasteiger partial charge in [-0.2, -0.15) is 0 Å². The SMILES string of the molecule is O=C(CCn1c(=O)oc2ccccc21)N1CCOC(COn2nnc3cccnc32)C1. The predicted octanol–water partition coefficient (Wildman–Crippen LogP) is 0.480. The van der Waals surface area contributed by atoms with Crippen molar-refractivity contribution in [3.8, 4) is 0 Å². The zero-order chi connectivity index (χ0) is 21.2. The number of aryl methyl sites for hydroxylation is 1. The maximum absolute atomic E-state index is 12.7. The Morgan fingerprint density at radius 2 is 2.13 bits per heavy atom. The van der Waals surface area contributed by atoms with Crippen LogP contribution in [-0.2, 0) is 16.1 Å². The Morgan fingerprint density at radius 1 is 1.23 bits per heavy atom. The minimum Gasteiger partial charge on any atom is -0.408 e. The van der Waals surface area contributed by atoms with Crippen molar-refractivity contribution >= 4 is 28.2 Å². The topological polar surface area (TPSA) is 118 Å². The van der Waals surface area contributed by atoms with Crippen LogP contribution in [-0.4, -0.2) is 67.9 Å². The maximum Gasteiger partial charge on any atom is 0.419 e. The number of carbonyl (C=O) groups is 1. The molecule has 1 aromatic carbocycles. The van der Waals surface area contributed by atoms with Gasteiger partial charge in [-0.3, -0.25) is 9.36 Å². The third-order valence-electron chi connectivity index (χ3n) is 5.18. The first-order valence-corrected chi connectivity index (χ1v) is 9.96. The summed E-state index contributed by atoms with van der Waals surface area (Å²) in [5.41, 5.74) is 2.34. The van der Waals surface area contributed by atoms with E-state index in [1.807, 2.05) is 6.07 Å². The summed E-state index contributed by atoms with van der Waals surface area (Å²) in [6.07, 6.45) is 1.52. The van der Waals surface area contributed by atoms with Gasteiger partial charge in [-0.1, -0.05) is 17.0 Å². The number of amides is 1. The van der Waals surface area contributed by atoms with Crippen molar-refractivity contribution in [2.45, 2.75) is 19.1 Å². The van der Waals surface area contributed by atoms with Crippen LogP contribution in [0.15, 0.2) is 51.8 Å². The van der Waals surface area contributed by atoms with Crippen LogP contribution in [0.2, 0.25) is 0 Å². The Bertz CT molecular complexity index is 1280. The molecule has 1 atom stereocenters. The van der Waals surface area contributed by atoms with E-state index < -0.39 is 5.76 Å². The van der Waals surface area contributed by atoms with E-state index in [0.29, 0.717) is 42.0 Å². The number of nitrogens with zero attached hydrogens (tertiary/aromatic N) is 6. The number of benzene rings is 1. The molecule has 0 spiro atoms. The Hall–Kier alpha value is -3.73. The summed E-state index contributed by atoms with van der Waals surface area (Å²) in [5, 5.41) is 7.92. The lowest BCUT2D eigenvalue weighted by molar-refractivity contribution is -0.141. The number of hydrogen-bond donors (Lipinski definition) is 0. The van der Waals surface area contributed by atoms with Crippen molar-refractivity contribution in [2.75, 3.05) is 26.3 Å². The summed E-state index contributed by atoms with van der Waals surface area (Å²) in [6, 6.07) is 10.7. The van der Waals surface area contributed by atoms with Crippen molar-refractivity contribution < 1.29 is 18.8 Å². The highest BCUT2D eigenvalue weighted by Crippen LogP contribution is 2.13. The Morgan fingerprint density at radius 3 is 3.06 bits per heavy atom. The van der Waals surface area contributed by atoms with Gasteiger partial charge >= 0.3 is 5.76 Å². The number of pyridine rings is 1. The summed E-state index contributed by atoms with van der Waals surface area (Å²) in [4.78, 5) is 37.7. The number of carbonyl (C=O) groups excluding carboxylic acids is 1. The van der Waals surface area contributed by atoms with Gasteiger partial charge in [-0.15, -0.1) is 5.10 Å². The van der Waals surface area contributed by atoms with Crippen LogP contribution in [0.5, 0.6) is 0 Å². The third-order valence-corrected chi connectivity index (χ3v) is 5.18. The molecule has 1 aliphatic rings. The first kappa shape index (κ1) is 19.2. The number of para-hydroxylation sites is 2. The molecule has 0 N–H and O–H groups in total. The summed E-state index contributed by atoms with van der Waals surface area (Å²) in [6.45, 7) is 1.74. The van der Waals surface area contributed by atoms with E-state index >= 15 is 0 Å². The largest absolute Gasteiger partial charge is 0.419 e. The minimum absolute atomic E-state index is 0.0571. The fraction of sp³-hybridized carbons (Fsp3) is 0.350. The minimum atomic E-state index is -0.462. The Kier molecular flexibility index (Phi) is 5.08. The van der Waals surface area contributed by atoms with Crippen molar-refractivity contribution in [1.82, 2.24) is 29.6 Å².